The number of carbonyl (C=O) groups is 1. The molecule has 528 valence electrons. The molecule has 4 saturated carbocycles. The third-order valence-electron chi connectivity index (χ3n) is 24.3. The molecular weight excluding hydrogens is 1220 g/mol. The van der Waals surface area contributed by atoms with Crippen LogP contribution in [0.1, 0.15) is 113 Å². The standard InChI is InChI=1S/C62H100O30/c1-26-43(87-49-42(76)44(31(69)21-81-49)88-53-47(77)61(79,23-65)25-83-53)38(72)40(74)50(84-26)89-46-37(71)30(68)20-82-52(46)91-54(78)60-14-12-55(2,3)17-28(60)27-8-9-34-56(4)18-29(67)48(57(5,22-64)33(56)10-11-59(34,7)58(27,6)13-15-60)90-51-41(75)39(73)45(32(19-63)85-51)86-36-16-35(70)62(80,24-66)92-36/h8,26,28-53,63-77,79-80H,9-25H2,1-7H3/t26-,28?,29-,30-,31+,32+,33?,34?,35-,36+,37-,38-,39+,40+,41+,42+,43-,44-,45+,46+,47-,48-,49-,50-,51-,52+,53-,56-,57-,58+,59+,60-,61+,62+/m0/s1. The van der Waals surface area contributed by atoms with Gasteiger partial charge < -0.3 is 144 Å². The number of hydrogen-bond donors (Lipinski definition) is 17. The van der Waals surface area contributed by atoms with Gasteiger partial charge in [-0.2, -0.15) is 0 Å². The summed E-state index contributed by atoms with van der Waals surface area (Å²) in [6, 6.07) is 0. The molecular formula is C62H100O30. The number of ether oxygens (including phenoxy) is 12. The van der Waals surface area contributed by atoms with Crippen LogP contribution in [-0.2, 0) is 61.6 Å². The molecule has 0 bridgehead atoms. The number of carbonyl (C=O) groups excluding carboxylic acids is 1. The molecule has 6 heterocycles. The number of rotatable bonds is 16. The van der Waals surface area contributed by atoms with E-state index >= 15 is 4.79 Å². The summed E-state index contributed by atoms with van der Waals surface area (Å²) in [5, 5.41) is 186. The zero-order valence-electron chi connectivity index (χ0n) is 53.1. The van der Waals surface area contributed by atoms with Gasteiger partial charge in [-0.05, 0) is 104 Å². The van der Waals surface area contributed by atoms with Crippen molar-refractivity contribution in [3.05, 3.63) is 11.6 Å². The predicted octanol–water partition coefficient (Wildman–Crippen LogP) is -4.51. The third-order valence-corrected chi connectivity index (χ3v) is 24.3. The van der Waals surface area contributed by atoms with Crippen LogP contribution in [0.4, 0.5) is 0 Å². The van der Waals surface area contributed by atoms with E-state index in [1.807, 2.05) is 6.92 Å². The normalized spacial score (nSPS) is 55.1. The van der Waals surface area contributed by atoms with Gasteiger partial charge in [0.05, 0.1) is 70.0 Å². The van der Waals surface area contributed by atoms with Gasteiger partial charge in [0.25, 0.3) is 0 Å². The number of allylic oxidation sites excluding steroid dienone is 2. The fourth-order valence-electron chi connectivity index (χ4n) is 18.6. The fourth-order valence-corrected chi connectivity index (χ4v) is 18.6. The monoisotopic (exact) mass is 1320 g/mol. The summed E-state index contributed by atoms with van der Waals surface area (Å²) in [6.07, 6.45) is -31.3. The van der Waals surface area contributed by atoms with Gasteiger partial charge in [0, 0.05) is 11.8 Å². The van der Waals surface area contributed by atoms with E-state index in [2.05, 4.69) is 40.7 Å². The molecule has 0 amide bonds. The molecule has 0 spiro atoms. The molecule has 92 heavy (non-hydrogen) atoms. The van der Waals surface area contributed by atoms with Crippen LogP contribution in [0, 0.1) is 50.2 Å². The van der Waals surface area contributed by atoms with Crippen LogP contribution < -0.4 is 0 Å². The van der Waals surface area contributed by atoms with Gasteiger partial charge in [0.15, 0.2) is 37.6 Å². The molecule has 5 aliphatic carbocycles. The van der Waals surface area contributed by atoms with Crippen molar-refractivity contribution < 1.29 is 148 Å². The highest BCUT2D eigenvalue weighted by molar-refractivity contribution is 5.79. The van der Waals surface area contributed by atoms with E-state index in [4.69, 9.17) is 56.8 Å². The average Bonchev–Trinajstić information content (AvgIpc) is 0.769. The summed E-state index contributed by atoms with van der Waals surface area (Å²) in [5.41, 5.74) is -5.00. The molecule has 17 N–H and O–H groups in total. The molecule has 6 aliphatic heterocycles. The lowest BCUT2D eigenvalue weighted by atomic mass is 9.33. The summed E-state index contributed by atoms with van der Waals surface area (Å²) in [4.78, 5) is 15.5. The smallest absolute Gasteiger partial charge is 0.315 e. The highest BCUT2D eigenvalue weighted by Gasteiger charge is 2.72. The number of aliphatic hydroxyl groups is 17. The van der Waals surface area contributed by atoms with Crippen molar-refractivity contribution in [2.24, 2.45) is 50.2 Å². The Morgan fingerprint density at radius 3 is 1.89 bits per heavy atom. The molecule has 11 rings (SSSR count). The zero-order valence-corrected chi connectivity index (χ0v) is 53.1. The number of aliphatic hydroxyl groups excluding tert-OH is 15. The molecule has 34 atom stereocenters. The van der Waals surface area contributed by atoms with Gasteiger partial charge in [-0.15, -0.1) is 0 Å². The van der Waals surface area contributed by atoms with Crippen molar-refractivity contribution in [1.29, 1.82) is 0 Å². The van der Waals surface area contributed by atoms with Gasteiger partial charge in [0.2, 0.25) is 12.1 Å². The van der Waals surface area contributed by atoms with Crippen LogP contribution >= 0.6 is 0 Å². The Bertz CT molecular complexity index is 2620. The SMILES string of the molecule is C[C@@H]1O[C@@H](O[C@H]2[C@@H](OC(=O)[C@]34CCC(C)(C)CC3C3=CCC5[C@@]6(C)C[C@H](O)[C@H](O[C@@H]7O[C@H](CO)[C@@H](O[C@H]8C[C@H](O)[C@@](O)(CO)O8)[C@H](O)[C@H]7O)[C@@](C)(CO)C6CC[C@@]5(C)[C@]3(C)CC4)OC[C@H](O)[C@@H]2O)[C@H](O)[C@H](O)[C@H]1O[C@@H]1OC[C@@H](O)[C@H](O[C@@H]2OC[C@](O)(CO)[C@H]2O)[C@H]1O. The molecule has 11 aliphatic rings. The average molecular weight is 1330 g/mol. The van der Waals surface area contributed by atoms with E-state index in [1.54, 1.807) is 0 Å². The van der Waals surface area contributed by atoms with Crippen molar-refractivity contribution in [3.63, 3.8) is 0 Å². The van der Waals surface area contributed by atoms with E-state index < -0.39 is 238 Å². The summed E-state index contributed by atoms with van der Waals surface area (Å²) < 4.78 is 70.6. The molecule has 30 nitrogen and oxygen atoms in total. The van der Waals surface area contributed by atoms with Gasteiger partial charge in [-0.25, -0.2) is 0 Å². The van der Waals surface area contributed by atoms with Crippen LogP contribution in [0.25, 0.3) is 0 Å². The maximum Gasteiger partial charge on any atom is 0.315 e. The van der Waals surface area contributed by atoms with Crippen LogP contribution in [-0.4, -0.2) is 298 Å². The zero-order chi connectivity index (χ0) is 67.0. The maximum atomic E-state index is 15.5. The van der Waals surface area contributed by atoms with E-state index in [1.165, 1.54) is 6.92 Å². The highest BCUT2D eigenvalue weighted by Crippen LogP contribution is 2.76. The number of hydrogen-bond acceptors (Lipinski definition) is 30. The van der Waals surface area contributed by atoms with Crippen molar-refractivity contribution >= 4 is 5.97 Å². The van der Waals surface area contributed by atoms with Crippen LogP contribution in [0.5, 0.6) is 0 Å². The van der Waals surface area contributed by atoms with Crippen molar-refractivity contribution in [3.8, 4) is 0 Å². The van der Waals surface area contributed by atoms with Gasteiger partial charge >= 0.3 is 5.97 Å². The Labute approximate surface area is 532 Å². The fraction of sp³-hybridized carbons (Fsp3) is 0.952. The van der Waals surface area contributed by atoms with Crippen molar-refractivity contribution in [2.45, 2.75) is 272 Å². The Balaban J connectivity index is 0.776. The lowest BCUT2D eigenvalue weighted by Gasteiger charge is -2.72. The number of fused-ring (bicyclic) bond motifs is 7. The van der Waals surface area contributed by atoms with E-state index in [0.717, 1.165) is 5.57 Å². The first-order chi connectivity index (χ1) is 43.1. The first-order valence-electron chi connectivity index (χ1n) is 32.5. The first-order valence-corrected chi connectivity index (χ1v) is 32.5. The molecule has 30 heteroatoms. The Morgan fingerprint density at radius 1 is 0.598 bits per heavy atom. The van der Waals surface area contributed by atoms with Crippen molar-refractivity contribution in [1.82, 2.24) is 0 Å². The maximum absolute atomic E-state index is 15.5. The molecule has 10 fully saturated rings. The molecule has 6 saturated heterocycles. The molecule has 0 aromatic carbocycles. The summed E-state index contributed by atoms with van der Waals surface area (Å²) in [5.74, 6) is -3.63. The molecule has 0 aromatic heterocycles. The van der Waals surface area contributed by atoms with Gasteiger partial charge in [0.1, 0.15) is 91.1 Å². The van der Waals surface area contributed by atoms with Crippen LogP contribution in [0.15, 0.2) is 11.6 Å². The van der Waals surface area contributed by atoms with Crippen LogP contribution in [0.2, 0.25) is 0 Å². The lowest BCUT2D eigenvalue weighted by Crippen LogP contribution is -2.69. The second-order valence-corrected chi connectivity index (χ2v) is 30.3. The third kappa shape index (κ3) is 11.8. The minimum Gasteiger partial charge on any atom is -0.432 e. The number of esters is 1. The lowest BCUT2D eigenvalue weighted by molar-refractivity contribution is -0.372. The summed E-state index contributed by atoms with van der Waals surface area (Å²) in [7, 11) is 0. The molecule has 3 unspecified atom stereocenters. The second kappa shape index (κ2) is 26.0. The highest BCUT2D eigenvalue weighted by atomic mass is 16.8. The van der Waals surface area contributed by atoms with Crippen LogP contribution in [0.3, 0.4) is 0 Å². The van der Waals surface area contributed by atoms with E-state index in [-0.39, 0.29) is 36.0 Å². The Hall–Kier alpha value is -1.91. The molecule has 0 radical (unpaired) electrons. The summed E-state index contributed by atoms with van der Waals surface area (Å²) >= 11 is 0. The van der Waals surface area contributed by atoms with Gasteiger partial charge in [-0.3, -0.25) is 4.79 Å². The predicted molar refractivity (Wildman–Crippen MR) is 305 cm³/mol. The summed E-state index contributed by atoms with van der Waals surface area (Å²) in [6.45, 7) is 9.87. The quantitative estimate of drug-likeness (QED) is 0.0393. The van der Waals surface area contributed by atoms with E-state index in [0.29, 0.717) is 51.4 Å². The largest absolute Gasteiger partial charge is 0.432 e. The van der Waals surface area contributed by atoms with Crippen molar-refractivity contribution in [2.75, 3.05) is 46.2 Å². The topological polar surface area (TPSA) is 472 Å². The Kier molecular flexibility index (Phi) is 20.2. The molecule has 0 aromatic rings. The first kappa shape index (κ1) is 71.4. The van der Waals surface area contributed by atoms with E-state index in [9.17, 15) is 86.8 Å². The minimum atomic E-state index is -2.34. The Morgan fingerprint density at radius 2 is 1.24 bits per heavy atom. The minimum absolute atomic E-state index is 0.0732. The second-order valence-electron chi connectivity index (χ2n) is 30.3. The van der Waals surface area contributed by atoms with Gasteiger partial charge in [-0.1, -0.05) is 53.2 Å².